The zero-order chi connectivity index (χ0) is 27.0. The van der Waals surface area contributed by atoms with Gasteiger partial charge in [0.05, 0.1) is 36.1 Å². The Morgan fingerprint density at radius 2 is 1.84 bits per heavy atom. The van der Waals surface area contributed by atoms with Crippen LogP contribution in [0.5, 0.6) is 0 Å². The number of fused-ring (bicyclic) bond motifs is 6. The molecule has 2 aromatic carbocycles. The number of rotatable bonds is 5. The average molecular weight is 563 g/mol. The lowest BCUT2D eigenvalue weighted by atomic mass is 9.73. The molecule has 5 atom stereocenters. The maximum absolute atomic E-state index is 13.8. The monoisotopic (exact) mass is 562 g/mol. The number of amides is 1. The van der Waals surface area contributed by atoms with Gasteiger partial charge in [0.1, 0.15) is 16.5 Å². The Hall–Kier alpha value is -3.36. The number of hydrogen-bond acceptors (Lipinski definition) is 8. The minimum atomic E-state index is -4.38. The number of amidine groups is 1. The first kappa shape index (κ1) is 24.9. The number of likely N-dealkylation sites (tertiary alicyclic amines) is 1. The van der Waals surface area contributed by atoms with Crippen LogP contribution in [0, 0.1) is 17.7 Å². The summed E-state index contributed by atoms with van der Waals surface area (Å²) in [4.78, 5) is 28.8. The van der Waals surface area contributed by atoms with E-state index in [1.54, 1.807) is 12.1 Å². The normalized spacial score (nSPS) is 29.4. The molecular weight excluding hydrogens is 539 g/mol. The van der Waals surface area contributed by atoms with Crippen molar-refractivity contribution in [2.75, 3.05) is 16.3 Å². The fraction of sp³-hybridized carbons (Fsp3) is 0.375. The van der Waals surface area contributed by atoms with Crippen molar-refractivity contribution in [1.82, 2.24) is 4.90 Å². The molecule has 200 valence electrons. The van der Waals surface area contributed by atoms with Crippen molar-refractivity contribution in [1.29, 1.82) is 0 Å². The van der Waals surface area contributed by atoms with Gasteiger partial charge in [-0.25, -0.2) is 12.8 Å². The summed E-state index contributed by atoms with van der Waals surface area (Å²) in [5.41, 5.74) is 0.732. The lowest BCUT2D eigenvalue weighted by Gasteiger charge is -2.44. The number of ether oxygens (including phenoxy) is 1. The predicted octanol–water partition coefficient (Wildman–Crippen LogP) is 1.48. The van der Waals surface area contributed by atoms with E-state index in [0.717, 1.165) is 12.3 Å². The summed E-state index contributed by atoms with van der Waals surface area (Å²) in [7, 11) is -8.04. The molecule has 0 aromatic heterocycles. The first-order valence-corrected chi connectivity index (χ1v) is 15.2. The van der Waals surface area contributed by atoms with Gasteiger partial charge in [-0.15, -0.1) is 4.40 Å². The highest BCUT2D eigenvalue weighted by atomic mass is 32.2. The molecule has 3 saturated heterocycles. The second-order valence-corrected chi connectivity index (χ2v) is 13.2. The van der Waals surface area contributed by atoms with Crippen molar-refractivity contribution in [3.8, 4) is 0 Å². The molecule has 2 N–H and O–H groups in total. The SMILES string of the molecule is CS(=O)(=O)Nc1ccc2c(c1)S(=O)(=O)N=C(C1C(=O)[C@H]3[C@H]([C@@H]4CC[C@H]3O4)N(Cc3ccc(F)cc3)C1=O)N2. The van der Waals surface area contributed by atoms with Crippen molar-refractivity contribution in [3.63, 3.8) is 0 Å². The van der Waals surface area contributed by atoms with Crippen molar-refractivity contribution in [2.24, 2.45) is 16.2 Å². The minimum absolute atomic E-state index is 0.0209. The number of carbonyl (C=O) groups excluding carboxylic acids is 2. The standard InChI is InChI=1S/C24H23FN4O7S2/c1-37(32,33)27-14-6-7-15-18(10-14)38(34,35)28-23(26-15)20-22(30)19-16-8-9-17(36-16)21(19)29(24(20)31)11-12-2-4-13(25)5-3-12/h2-7,10,16-17,19-21,27H,8-9,11H2,1H3,(H,26,28)/t16-,17+,19-,20?,21+/m1/s1. The van der Waals surface area contributed by atoms with Gasteiger partial charge in [-0.2, -0.15) is 8.42 Å². The maximum atomic E-state index is 13.8. The zero-order valence-corrected chi connectivity index (χ0v) is 21.6. The van der Waals surface area contributed by atoms with E-state index in [2.05, 4.69) is 14.4 Å². The number of ketones is 1. The molecule has 0 aliphatic carbocycles. The molecule has 3 fully saturated rings. The van der Waals surface area contributed by atoms with Crippen molar-refractivity contribution < 1.29 is 35.6 Å². The van der Waals surface area contributed by atoms with E-state index >= 15 is 0 Å². The van der Waals surface area contributed by atoms with Crippen LogP contribution in [0.4, 0.5) is 15.8 Å². The van der Waals surface area contributed by atoms with Gasteiger partial charge in [0, 0.05) is 12.2 Å². The Labute approximate surface area is 218 Å². The van der Waals surface area contributed by atoms with Crippen molar-refractivity contribution in [3.05, 3.63) is 53.8 Å². The van der Waals surface area contributed by atoms with Gasteiger partial charge in [-0.3, -0.25) is 14.3 Å². The summed E-state index contributed by atoms with van der Waals surface area (Å²) in [5, 5.41) is 2.82. The van der Waals surface area contributed by atoms with Crippen LogP contribution in [0.1, 0.15) is 18.4 Å². The molecule has 4 heterocycles. The molecule has 2 bridgehead atoms. The summed E-state index contributed by atoms with van der Waals surface area (Å²) < 4.78 is 74.9. The number of nitrogens with zero attached hydrogens (tertiary/aromatic N) is 2. The van der Waals surface area contributed by atoms with E-state index < -0.39 is 55.4 Å². The fourth-order valence-electron chi connectivity index (χ4n) is 5.83. The van der Waals surface area contributed by atoms with Gasteiger partial charge in [0.2, 0.25) is 15.9 Å². The Balaban J connectivity index is 1.37. The van der Waals surface area contributed by atoms with Crippen molar-refractivity contribution in [2.45, 2.75) is 42.5 Å². The molecule has 1 unspecified atom stereocenters. The molecule has 0 spiro atoms. The molecule has 4 aliphatic heterocycles. The smallest absolute Gasteiger partial charge is 0.286 e. The van der Waals surface area contributed by atoms with Crippen LogP contribution in [0.25, 0.3) is 0 Å². The lowest BCUT2D eigenvalue weighted by molar-refractivity contribution is -0.151. The predicted molar refractivity (Wildman–Crippen MR) is 134 cm³/mol. The number of carbonyl (C=O) groups is 2. The van der Waals surface area contributed by atoms with E-state index in [1.165, 1.54) is 29.2 Å². The number of halogens is 1. The van der Waals surface area contributed by atoms with Crippen LogP contribution in [0.3, 0.4) is 0 Å². The first-order chi connectivity index (χ1) is 17.9. The van der Waals surface area contributed by atoms with Gasteiger partial charge in [-0.05, 0) is 48.7 Å². The second-order valence-electron chi connectivity index (χ2n) is 9.90. The van der Waals surface area contributed by atoms with E-state index in [-0.39, 0.29) is 40.9 Å². The van der Waals surface area contributed by atoms with Crippen LogP contribution in [0.15, 0.2) is 51.8 Å². The van der Waals surface area contributed by atoms with Gasteiger partial charge in [-0.1, -0.05) is 12.1 Å². The van der Waals surface area contributed by atoms with Crippen LogP contribution in [-0.4, -0.2) is 63.8 Å². The number of nitrogens with one attached hydrogen (secondary N) is 2. The minimum Gasteiger partial charge on any atom is -0.372 e. The molecule has 0 radical (unpaired) electrons. The van der Waals surface area contributed by atoms with E-state index in [4.69, 9.17) is 4.74 Å². The second kappa shape index (κ2) is 8.58. The topological polar surface area (TPSA) is 151 Å². The molecule has 4 aliphatic rings. The third-order valence-electron chi connectivity index (χ3n) is 7.32. The van der Waals surface area contributed by atoms with Gasteiger partial charge in [0.25, 0.3) is 10.0 Å². The number of sulfonamides is 2. The molecule has 1 amide bonds. The fourth-order valence-corrected chi connectivity index (χ4v) is 7.57. The highest BCUT2D eigenvalue weighted by Crippen LogP contribution is 2.47. The van der Waals surface area contributed by atoms with Gasteiger partial charge < -0.3 is 15.0 Å². The largest absolute Gasteiger partial charge is 0.372 e. The van der Waals surface area contributed by atoms with E-state index in [9.17, 15) is 30.8 Å². The molecule has 11 nitrogen and oxygen atoms in total. The van der Waals surface area contributed by atoms with Crippen LogP contribution < -0.4 is 10.0 Å². The molecular formula is C24H23FN4O7S2. The van der Waals surface area contributed by atoms with Crippen LogP contribution in [0.2, 0.25) is 0 Å². The number of benzene rings is 2. The Kier molecular flexibility index (Phi) is 5.63. The Morgan fingerprint density at radius 1 is 1.13 bits per heavy atom. The summed E-state index contributed by atoms with van der Waals surface area (Å²) in [6.07, 6.45) is 1.58. The molecule has 2 aromatic rings. The number of piperidine rings is 1. The lowest BCUT2D eigenvalue weighted by Crippen LogP contribution is -2.62. The number of Topliss-reactive ketones (excluding diaryl/α,β-unsaturated/α-hetero) is 1. The molecule has 14 heteroatoms. The first-order valence-electron chi connectivity index (χ1n) is 11.9. The maximum Gasteiger partial charge on any atom is 0.286 e. The highest BCUT2D eigenvalue weighted by molar-refractivity contribution is 7.92. The summed E-state index contributed by atoms with van der Waals surface area (Å²) in [6, 6.07) is 8.97. The summed E-state index contributed by atoms with van der Waals surface area (Å²) >= 11 is 0. The van der Waals surface area contributed by atoms with Gasteiger partial charge >= 0.3 is 0 Å². The molecule has 38 heavy (non-hydrogen) atoms. The third-order valence-corrected chi connectivity index (χ3v) is 9.26. The third kappa shape index (κ3) is 4.16. The highest BCUT2D eigenvalue weighted by Gasteiger charge is 2.62. The van der Waals surface area contributed by atoms with Crippen LogP contribution in [-0.2, 0) is 40.9 Å². The zero-order valence-electron chi connectivity index (χ0n) is 20.0. The summed E-state index contributed by atoms with van der Waals surface area (Å²) in [6.45, 7) is 0.0910. The van der Waals surface area contributed by atoms with Crippen LogP contribution >= 0.6 is 0 Å². The summed E-state index contributed by atoms with van der Waals surface area (Å²) in [5.74, 6) is -3.96. The van der Waals surface area contributed by atoms with Gasteiger partial charge in [0.15, 0.2) is 11.7 Å². The number of anilines is 2. The molecule has 0 saturated carbocycles. The van der Waals surface area contributed by atoms with Crippen molar-refractivity contribution >= 4 is 48.9 Å². The average Bonchev–Trinajstić information content (AvgIpc) is 3.45. The van der Waals surface area contributed by atoms with E-state index in [0.29, 0.717) is 18.4 Å². The quantitative estimate of drug-likeness (QED) is 0.520. The number of hydrogen-bond donors (Lipinski definition) is 2. The Bertz CT molecular complexity index is 1610. The Morgan fingerprint density at radius 3 is 2.55 bits per heavy atom. The van der Waals surface area contributed by atoms with E-state index in [1.807, 2.05) is 0 Å². The molecule has 6 rings (SSSR count).